The summed E-state index contributed by atoms with van der Waals surface area (Å²) in [6.45, 7) is 2.71. The molecule has 0 aliphatic rings. The van der Waals surface area contributed by atoms with Crippen LogP contribution in [0.1, 0.15) is 0 Å². The number of halogens is 3. The van der Waals surface area contributed by atoms with Gasteiger partial charge in [-0.05, 0) is 0 Å². The number of alkyl halides is 3. The first-order valence-corrected chi connectivity index (χ1v) is 4.56. The zero-order valence-corrected chi connectivity index (χ0v) is 7.48. The Balaban J connectivity index is 4.39. The van der Waals surface area contributed by atoms with Crippen LogP contribution in [0.2, 0.25) is 0 Å². The first-order valence-electron chi connectivity index (χ1n) is 3.07. The van der Waals surface area contributed by atoms with Gasteiger partial charge in [-0.2, -0.15) is 21.6 Å². The maximum atomic E-state index is 11.6. The molecular weight excluding hydrogens is 227 g/mol. The number of nitrogens with one attached hydrogen (secondary N) is 1. The third-order valence-electron chi connectivity index (χ3n) is 0.855. The molecule has 14 heavy (non-hydrogen) atoms. The number of sulfonamides is 1. The molecule has 0 radical (unpaired) electrons. The van der Waals surface area contributed by atoms with Gasteiger partial charge in [-0.3, -0.25) is 0 Å². The van der Waals surface area contributed by atoms with Crippen molar-refractivity contribution in [3.05, 3.63) is 12.7 Å². The Bertz CT molecular complexity index is 320. The highest BCUT2D eigenvalue weighted by Crippen LogP contribution is 2.21. The molecule has 0 aliphatic heterocycles. The van der Waals surface area contributed by atoms with Gasteiger partial charge in [0.25, 0.3) is 0 Å². The van der Waals surface area contributed by atoms with Gasteiger partial charge in [0.1, 0.15) is 6.61 Å². The van der Waals surface area contributed by atoms with Gasteiger partial charge in [-0.1, -0.05) is 12.7 Å². The van der Waals surface area contributed by atoms with Crippen LogP contribution in [0.3, 0.4) is 0 Å². The fraction of sp³-hybridized carbons (Fsp3) is 0.400. The van der Waals surface area contributed by atoms with Crippen molar-refractivity contribution < 1.29 is 31.1 Å². The number of rotatable bonds is 3. The van der Waals surface area contributed by atoms with E-state index >= 15 is 0 Å². The zero-order chi connectivity index (χ0) is 11.4. The third-order valence-corrected chi connectivity index (χ3v) is 1.90. The lowest BCUT2D eigenvalue weighted by Crippen LogP contribution is -2.40. The Morgan fingerprint density at radius 1 is 1.50 bits per heavy atom. The van der Waals surface area contributed by atoms with Crippen molar-refractivity contribution in [2.24, 2.45) is 0 Å². The molecular formula is C5H6F3NO4S. The summed E-state index contributed by atoms with van der Waals surface area (Å²) in [5.41, 5.74) is -5.54. The normalized spacial score (nSPS) is 11.9. The van der Waals surface area contributed by atoms with Crippen LogP contribution in [0.15, 0.2) is 12.7 Å². The van der Waals surface area contributed by atoms with E-state index in [4.69, 9.17) is 0 Å². The summed E-state index contributed by atoms with van der Waals surface area (Å²) in [6, 6.07) is 0. The van der Waals surface area contributed by atoms with Crippen molar-refractivity contribution in [3.63, 3.8) is 0 Å². The monoisotopic (exact) mass is 233 g/mol. The van der Waals surface area contributed by atoms with E-state index in [2.05, 4.69) is 11.3 Å². The maximum absolute atomic E-state index is 11.6. The molecule has 0 heterocycles. The van der Waals surface area contributed by atoms with Crippen LogP contribution in [-0.2, 0) is 14.8 Å². The molecule has 5 nitrogen and oxygen atoms in total. The molecule has 82 valence electrons. The van der Waals surface area contributed by atoms with Crippen LogP contribution in [0, 0.1) is 0 Å². The van der Waals surface area contributed by atoms with Crippen molar-refractivity contribution >= 4 is 16.1 Å². The fourth-order valence-corrected chi connectivity index (χ4v) is 0.726. The maximum Gasteiger partial charge on any atom is 0.516 e. The summed E-state index contributed by atoms with van der Waals surface area (Å²) < 4.78 is 60.1. The van der Waals surface area contributed by atoms with E-state index in [9.17, 15) is 26.4 Å². The van der Waals surface area contributed by atoms with Gasteiger partial charge in [0.2, 0.25) is 0 Å². The van der Waals surface area contributed by atoms with Crippen molar-refractivity contribution in [2.45, 2.75) is 5.51 Å². The fourth-order valence-electron chi connectivity index (χ4n) is 0.332. The standard InChI is InChI=1S/C5H6F3NO4S/c1-2-3-13-4(10)9-14(11,12)5(6,7)8/h2H,1,3H2,(H,9,10). The zero-order valence-electron chi connectivity index (χ0n) is 6.67. The first kappa shape index (κ1) is 12.8. The summed E-state index contributed by atoms with van der Waals surface area (Å²) in [5, 5.41) is 0. The molecule has 0 aliphatic carbocycles. The summed E-state index contributed by atoms with van der Waals surface area (Å²) in [4.78, 5) is 10.4. The van der Waals surface area contributed by atoms with Gasteiger partial charge < -0.3 is 4.74 Å². The minimum absolute atomic E-state index is 0.390. The number of carbonyl (C=O) groups excluding carboxylic acids is 1. The van der Waals surface area contributed by atoms with Gasteiger partial charge in [-0.15, -0.1) is 0 Å². The molecule has 1 N–H and O–H groups in total. The molecule has 1 amide bonds. The Morgan fingerprint density at radius 3 is 2.36 bits per heavy atom. The number of hydrogen-bond acceptors (Lipinski definition) is 4. The second-order valence-electron chi connectivity index (χ2n) is 1.94. The highest BCUT2D eigenvalue weighted by Gasteiger charge is 2.47. The van der Waals surface area contributed by atoms with E-state index in [0.717, 1.165) is 6.08 Å². The average molecular weight is 233 g/mol. The van der Waals surface area contributed by atoms with E-state index < -0.39 is 21.6 Å². The number of carbonyl (C=O) groups is 1. The minimum atomic E-state index is -5.69. The van der Waals surface area contributed by atoms with E-state index in [-0.39, 0.29) is 6.61 Å². The number of ether oxygens (including phenoxy) is 1. The van der Waals surface area contributed by atoms with Crippen LogP contribution in [-0.4, -0.2) is 26.6 Å². The summed E-state index contributed by atoms with van der Waals surface area (Å²) >= 11 is 0. The predicted octanol–water partition coefficient (Wildman–Crippen LogP) is 0.748. The highest BCUT2D eigenvalue weighted by molar-refractivity contribution is 7.90. The molecule has 0 rings (SSSR count). The molecule has 9 heteroatoms. The van der Waals surface area contributed by atoms with Crippen LogP contribution in [0.5, 0.6) is 0 Å². The molecule has 0 aromatic carbocycles. The average Bonchev–Trinajstić information content (AvgIpc) is 1.97. The Kier molecular flexibility index (Phi) is 3.93. The number of hydrogen-bond donors (Lipinski definition) is 1. The number of amides is 1. The van der Waals surface area contributed by atoms with E-state index in [1.54, 1.807) is 0 Å². The highest BCUT2D eigenvalue weighted by atomic mass is 32.2. The molecule has 0 aromatic rings. The lowest BCUT2D eigenvalue weighted by molar-refractivity contribution is -0.0447. The van der Waals surface area contributed by atoms with Crippen LogP contribution in [0.25, 0.3) is 0 Å². The Labute approximate surface area is 77.6 Å². The second kappa shape index (κ2) is 4.31. The Morgan fingerprint density at radius 2 is 2.00 bits per heavy atom. The van der Waals surface area contributed by atoms with Crippen molar-refractivity contribution in [3.8, 4) is 0 Å². The summed E-state index contributed by atoms with van der Waals surface area (Å²) in [6.07, 6.45) is -0.637. The first-order chi connectivity index (χ1) is 6.20. The smallest absolute Gasteiger partial charge is 0.445 e. The summed E-state index contributed by atoms with van der Waals surface area (Å²) in [5.74, 6) is 0. The Hall–Kier alpha value is -1.25. The SMILES string of the molecule is C=CCOC(=O)NS(=O)(=O)C(F)(F)F. The predicted molar refractivity (Wildman–Crippen MR) is 39.7 cm³/mol. The topological polar surface area (TPSA) is 72.5 Å². The molecule has 0 aromatic heterocycles. The lowest BCUT2D eigenvalue weighted by Gasteiger charge is -2.08. The van der Waals surface area contributed by atoms with E-state index in [0.29, 0.717) is 4.72 Å². The van der Waals surface area contributed by atoms with Crippen LogP contribution in [0.4, 0.5) is 18.0 Å². The quantitative estimate of drug-likeness (QED) is 0.730. The molecule has 0 fully saturated rings. The van der Waals surface area contributed by atoms with Gasteiger partial charge in [0, 0.05) is 0 Å². The molecule has 0 bridgehead atoms. The minimum Gasteiger partial charge on any atom is -0.445 e. The third kappa shape index (κ3) is 3.64. The van der Waals surface area contributed by atoms with Crippen molar-refractivity contribution in [1.82, 2.24) is 4.72 Å². The van der Waals surface area contributed by atoms with Gasteiger partial charge in [-0.25, -0.2) is 9.52 Å². The lowest BCUT2D eigenvalue weighted by atomic mass is 10.7. The molecule has 0 saturated heterocycles. The van der Waals surface area contributed by atoms with Crippen LogP contribution < -0.4 is 4.72 Å². The molecule has 0 atom stereocenters. The largest absolute Gasteiger partial charge is 0.516 e. The van der Waals surface area contributed by atoms with E-state index in [1.807, 2.05) is 0 Å². The van der Waals surface area contributed by atoms with Gasteiger partial charge in [0.15, 0.2) is 0 Å². The van der Waals surface area contributed by atoms with Crippen molar-refractivity contribution in [1.29, 1.82) is 0 Å². The second-order valence-corrected chi connectivity index (χ2v) is 3.61. The molecule has 0 spiro atoms. The van der Waals surface area contributed by atoms with Crippen LogP contribution >= 0.6 is 0 Å². The molecule has 0 saturated carbocycles. The van der Waals surface area contributed by atoms with Gasteiger partial charge in [0.05, 0.1) is 0 Å². The molecule has 0 unspecified atom stereocenters. The van der Waals surface area contributed by atoms with Crippen molar-refractivity contribution in [2.75, 3.05) is 6.61 Å². The van der Waals surface area contributed by atoms with Gasteiger partial charge >= 0.3 is 21.6 Å². The summed E-state index contributed by atoms with van der Waals surface area (Å²) in [7, 11) is -5.69. The van der Waals surface area contributed by atoms with E-state index in [1.165, 1.54) is 0 Å².